The molecule has 0 spiro atoms. The Hall–Kier alpha value is -2.36. The molecule has 1 amide bonds. The van der Waals surface area contributed by atoms with Gasteiger partial charge in [-0.15, -0.1) is 0 Å². The number of aliphatic carboxylic acids is 1. The number of anilines is 1. The minimum Gasteiger partial charge on any atom is -0.494 e. The number of carbonyl (C=O) groups is 2. The summed E-state index contributed by atoms with van der Waals surface area (Å²) in [6.45, 7) is 1.98. The molecule has 1 heterocycles. The molecule has 0 radical (unpaired) electrons. The van der Waals surface area contributed by atoms with Gasteiger partial charge in [-0.3, -0.25) is 9.69 Å². The van der Waals surface area contributed by atoms with Gasteiger partial charge in [0.1, 0.15) is 11.5 Å². The molecule has 1 saturated heterocycles. The average molecular weight is 494 g/mol. The summed E-state index contributed by atoms with van der Waals surface area (Å²) in [6.07, 6.45) is 1.65. The van der Waals surface area contributed by atoms with Crippen LogP contribution in [0.15, 0.2) is 51.8 Å². The van der Waals surface area contributed by atoms with Crippen molar-refractivity contribution in [3.63, 3.8) is 0 Å². The van der Waals surface area contributed by atoms with Crippen molar-refractivity contribution < 1.29 is 24.2 Å². The maximum atomic E-state index is 13.0. The van der Waals surface area contributed by atoms with Crippen LogP contribution < -0.4 is 14.4 Å². The van der Waals surface area contributed by atoms with Crippen LogP contribution in [-0.2, 0) is 9.59 Å². The normalized spacial score (nSPS) is 15.1. The number of thioether (sulfide) groups is 1. The highest BCUT2D eigenvalue weighted by molar-refractivity contribution is 9.10. The molecule has 2 aromatic carbocycles. The molecule has 150 valence electrons. The lowest BCUT2D eigenvalue weighted by atomic mass is 10.2. The third-order valence-corrected chi connectivity index (χ3v) is 5.60. The van der Waals surface area contributed by atoms with E-state index >= 15 is 0 Å². The second kappa shape index (κ2) is 9.43. The third-order valence-electron chi connectivity index (χ3n) is 3.81. The molecule has 0 bridgehead atoms. The zero-order valence-corrected chi connectivity index (χ0v) is 18.5. The zero-order chi connectivity index (χ0) is 21.0. The van der Waals surface area contributed by atoms with Crippen LogP contribution in [0, 0.1) is 0 Å². The fraction of sp³-hybridized carbons (Fsp3) is 0.150. The molecular weight excluding hydrogens is 478 g/mol. The van der Waals surface area contributed by atoms with E-state index in [-0.39, 0.29) is 5.91 Å². The Morgan fingerprint density at radius 2 is 1.97 bits per heavy atom. The molecule has 1 aliphatic rings. The lowest BCUT2D eigenvalue weighted by Crippen LogP contribution is -2.27. The summed E-state index contributed by atoms with van der Waals surface area (Å²) >= 11 is 9.95. The Kier molecular flexibility index (Phi) is 6.94. The molecule has 1 fully saturated rings. The summed E-state index contributed by atoms with van der Waals surface area (Å²) in [7, 11) is 0. The van der Waals surface area contributed by atoms with Crippen LogP contribution >= 0.6 is 39.9 Å². The van der Waals surface area contributed by atoms with E-state index in [0.29, 0.717) is 38.6 Å². The Morgan fingerprint density at radius 3 is 2.62 bits per heavy atom. The molecule has 0 saturated carbocycles. The number of carboxylic acid groups (broad SMARTS) is 1. The van der Waals surface area contributed by atoms with Gasteiger partial charge in [-0.2, -0.15) is 0 Å². The number of carboxylic acids is 1. The number of carbonyl (C=O) groups excluding carboxylic acids is 1. The summed E-state index contributed by atoms with van der Waals surface area (Å²) in [5.41, 5.74) is 1.23. The SMILES string of the molecule is CCOc1ccc(N2C(=O)/C(=C\c3cc(Br)ccc3OCC(=O)O)SC2=S)cc1. The quantitative estimate of drug-likeness (QED) is 0.441. The highest BCUT2D eigenvalue weighted by atomic mass is 79.9. The largest absolute Gasteiger partial charge is 0.494 e. The first-order chi connectivity index (χ1) is 13.9. The molecule has 6 nitrogen and oxygen atoms in total. The number of ether oxygens (including phenoxy) is 2. The molecule has 3 rings (SSSR count). The number of rotatable bonds is 7. The van der Waals surface area contributed by atoms with Crippen LogP contribution in [0.4, 0.5) is 5.69 Å². The highest BCUT2D eigenvalue weighted by Gasteiger charge is 2.33. The lowest BCUT2D eigenvalue weighted by molar-refractivity contribution is -0.139. The van der Waals surface area contributed by atoms with Crippen LogP contribution in [0.3, 0.4) is 0 Å². The Labute approximate surface area is 185 Å². The van der Waals surface area contributed by atoms with Gasteiger partial charge in [0.05, 0.1) is 17.2 Å². The van der Waals surface area contributed by atoms with Crippen molar-refractivity contribution in [1.82, 2.24) is 0 Å². The summed E-state index contributed by atoms with van der Waals surface area (Å²) in [4.78, 5) is 25.7. The summed E-state index contributed by atoms with van der Waals surface area (Å²) in [6, 6.07) is 12.3. The number of hydrogen-bond acceptors (Lipinski definition) is 6. The molecule has 0 atom stereocenters. The van der Waals surface area contributed by atoms with Crippen LogP contribution in [0.5, 0.6) is 11.5 Å². The van der Waals surface area contributed by atoms with E-state index in [2.05, 4.69) is 15.9 Å². The van der Waals surface area contributed by atoms with Crippen molar-refractivity contribution in [2.75, 3.05) is 18.1 Å². The fourth-order valence-corrected chi connectivity index (χ4v) is 4.26. The maximum absolute atomic E-state index is 13.0. The average Bonchev–Trinajstić information content (AvgIpc) is 2.95. The molecule has 1 aliphatic heterocycles. The van der Waals surface area contributed by atoms with Crippen molar-refractivity contribution in [3.8, 4) is 11.5 Å². The molecule has 0 aromatic heterocycles. The summed E-state index contributed by atoms with van der Waals surface area (Å²) in [5, 5.41) is 8.85. The molecule has 2 aromatic rings. The van der Waals surface area contributed by atoms with Gasteiger partial charge in [0, 0.05) is 10.0 Å². The van der Waals surface area contributed by atoms with Crippen LogP contribution in [0.2, 0.25) is 0 Å². The minimum absolute atomic E-state index is 0.256. The van der Waals surface area contributed by atoms with Crippen LogP contribution in [0.25, 0.3) is 6.08 Å². The number of thiocarbonyl (C=S) groups is 1. The molecular formula is C20H16BrNO5S2. The smallest absolute Gasteiger partial charge is 0.341 e. The van der Waals surface area contributed by atoms with E-state index in [9.17, 15) is 9.59 Å². The summed E-state index contributed by atoms with van der Waals surface area (Å²) in [5.74, 6) is -0.262. The van der Waals surface area contributed by atoms with Gasteiger partial charge >= 0.3 is 5.97 Å². The number of nitrogens with zero attached hydrogens (tertiary/aromatic N) is 1. The Balaban J connectivity index is 1.88. The summed E-state index contributed by atoms with van der Waals surface area (Å²) < 4.78 is 11.9. The van der Waals surface area contributed by atoms with Crippen molar-refractivity contribution in [1.29, 1.82) is 0 Å². The van der Waals surface area contributed by atoms with Gasteiger partial charge in [-0.25, -0.2) is 4.79 Å². The standard InChI is InChI=1S/C20H16BrNO5S2/c1-2-26-15-6-4-14(5-7-15)22-19(25)17(29-20(22)28)10-12-9-13(21)3-8-16(12)27-11-18(23)24/h3-10H,2,11H2,1H3,(H,23,24)/b17-10+. The number of hydrogen-bond donors (Lipinski definition) is 1. The van der Waals surface area contributed by atoms with E-state index in [0.717, 1.165) is 4.47 Å². The Bertz CT molecular complexity index is 991. The van der Waals surface area contributed by atoms with Crippen LogP contribution in [0.1, 0.15) is 12.5 Å². The lowest BCUT2D eigenvalue weighted by Gasteiger charge is -2.15. The molecule has 29 heavy (non-hydrogen) atoms. The molecule has 1 N–H and O–H groups in total. The van der Waals surface area contributed by atoms with Crippen molar-refractivity contribution in [2.45, 2.75) is 6.92 Å². The van der Waals surface area contributed by atoms with Gasteiger partial charge < -0.3 is 14.6 Å². The fourth-order valence-electron chi connectivity index (χ4n) is 2.59. The predicted molar refractivity (Wildman–Crippen MR) is 121 cm³/mol. The van der Waals surface area contributed by atoms with Gasteiger partial charge in [-0.05, 0) is 55.5 Å². The van der Waals surface area contributed by atoms with Crippen molar-refractivity contribution in [3.05, 3.63) is 57.4 Å². The van der Waals surface area contributed by atoms with Crippen LogP contribution in [-0.4, -0.2) is 34.5 Å². The topological polar surface area (TPSA) is 76.1 Å². The second-order valence-electron chi connectivity index (χ2n) is 5.81. The zero-order valence-electron chi connectivity index (χ0n) is 15.3. The van der Waals surface area contributed by atoms with E-state index in [1.807, 2.05) is 6.92 Å². The van der Waals surface area contributed by atoms with E-state index < -0.39 is 12.6 Å². The first kappa shape index (κ1) is 21.4. The van der Waals surface area contributed by atoms with Gasteiger partial charge in [0.25, 0.3) is 5.91 Å². The van der Waals surface area contributed by atoms with E-state index in [1.54, 1.807) is 48.5 Å². The minimum atomic E-state index is -1.08. The number of amides is 1. The van der Waals surface area contributed by atoms with E-state index in [4.69, 9.17) is 26.8 Å². The van der Waals surface area contributed by atoms with Gasteiger partial charge in [0.15, 0.2) is 10.9 Å². The van der Waals surface area contributed by atoms with Crippen molar-refractivity contribution >= 4 is 67.9 Å². The molecule has 0 aliphatic carbocycles. The second-order valence-corrected chi connectivity index (χ2v) is 8.40. The van der Waals surface area contributed by atoms with Crippen molar-refractivity contribution in [2.24, 2.45) is 0 Å². The highest BCUT2D eigenvalue weighted by Crippen LogP contribution is 2.38. The van der Waals surface area contributed by atoms with E-state index in [1.165, 1.54) is 16.7 Å². The Morgan fingerprint density at radius 1 is 1.24 bits per heavy atom. The molecule has 0 unspecified atom stereocenters. The van der Waals surface area contributed by atoms with Gasteiger partial charge in [-0.1, -0.05) is 39.9 Å². The monoisotopic (exact) mass is 493 g/mol. The maximum Gasteiger partial charge on any atom is 0.341 e. The number of halogens is 1. The first-order valence-electron chi connectivity index (χ1n) is 8.54. The number of benzene rings is 2. The first-order valence-corrected chi connectivity index (χ1v) is 10.6. The molecule has 9 heteroatoms. The predicted octanol–water partition coefficient (Wildman–Crippen LogP) is 4.72. The third kappa shape index (κ3) is 5.17. The van der Waals surface area contributed by atoms with Gasteiger partial charge in [0.2, 0.25) is 0 Å².